The summed E-state index contributed by atoms with van der Waals surface area (Å²) in [5.41, 5.74) is 1.45. The van der Waals surface area contributed by atoms with Gasteiger partial charge in [0.25, 0.3) is 0 Å². The predicted molar refractivity (Wildman–Crippen MR) is 85.0 cm³/mol. The zero-order chi connectivity index (χ0) is 13.8. The molecule has 2 nitrogen and oxygen atoms in total. The van der Waals surface area contributed by atoms with Crippen LogP contribution in [0, 0.1) is 13.8 Å². The first-order chi connectivity index (χ1) is 9.13. The fourth-order valence-electron chi connectivity index (χ4n) is 2.99. The van der Waals surface area contributed by atoms with Gasteiger partial charge in [-0.1, -0.05) is 20.3 Å². The summed E-state index contributed by atoms with van der Waals surface area (Å²) in [6.45, 7) is 12.6. The minimum atomic E-state index is 0.690. The van der Waals surface area contributed by atoms with Gasteiger partial charge in [0.05, 0.1) is 0 Å². The summed E-state index contributed by atoms with van der Waals surface area (Å²) in [5.74, 6) is 0. The molecule has 1 saturated heterocycles. The van der Waals surface area contributed by atoms with E-state index in [2.05, 4.69) is 44.0 Å². The summed E-state index contributed by atoms with van der Waals surface area (Å²) in [5, 5.41) is 3.72. The molecule has 0 aliphatic carbocycles. The zero-order valence-corrected chi connectivity index (χ0v) is 13.6. The van der Waals surface area contributed by atoms with E-state index in [1.807, 2.05) is 11.3 Å². The largest absolute Gasteiger partial charge is 0.311 e. The average Bonchev–Trinajstić information content (AvgIpc) is 2.69. The van der Waals surface area contributed by atoms with Gasteiger partial charge in [-0.2, -0.15) is 0 Å². The van der Waals surface area contributed by atoms with E-state index in [0.29, 0.717) is 12.1 Å². The standard InChI is InChI=1S/C16H28N2S/c1-5-7-14-10-18(15(6-2)9-17-14)11-16-8-12(3)13(4)19-16/h8,14-15,17H,5-7,9-11H2,1-4H3. The first kappa shape index (κ1) is 15.0. The Bertz CT molecular complexity index is 380. The van der Waals surface area contributed by atoms with Crippen molar-refractivity contribution < 1.29 is 0 Å². The van der Waals surface area contributed by atoms with Gasteiger partial charge in [-0.15, -0.1) is 11.3 Å². The lowest BCUT2D eigenvalue weighted by Gasteiger charge is -2.40. The van der Waals surface area contributed by atoms with Crippen molar-refractivity contribution in [2.45, 2.75) is 65.6 Å². The molecule has 2 unspecified atom stereocenters. The summed E-state index contributed by atoms with van der Waals surface area (Å²) in [6, 6.07) is 3.77. The van der Waals surface area contributed by atoms with Gasteiger partial charge in [0, 0.05) is 41.5 Å². The van der Waals surface area contributed by atoms with E-state index in [0.717, 1.165) is 13.1 Å². The van der Waals surface area contributed by atoms with E-state index in [1.165, 1.54) is 41.1 Å². The van der Waals surface area contributed by atoms with Crippen molar-refractivity contribution in [3.63, 3.8) is 0 Å². The van der Waals surface area contributed by atoms with E-state index in [9.17, 15) is 0 Å². The van der Waals surface area contributed by atoms with Gasteiger partial charge in [-0.3, -0.25) is 4.90 Å². The second-order valence-corrected chi connectivity index (χ2v) is 7.18. The van der Waals surface area contributed by atoms with Crippen molar-refractivity contribution >= 4 is 11.3 Å². The Labute approximate surface area is 122 Å². The Morgan fingerprint density at radius 1 is 1.37 bits per heavy atom. The summed E-state index contributed by atoms with van der Waals surface area (Å²) >= 11 is 1.97. The van der Waals surface area contributed by atoms with Crippen molar-refractivity contribution in [3.05, 3.63) is 21.4 Å². The van der Waals surface area contributed by atoms with Crippen LogP contribution in [0.1, 0.15) is 48.4 Å². The number of hydrogen-bond acceptors (Lipinski definition) is 3. The summed E-state index contributed by atoms with van der Waals surface area (Å²) < 4.78 is 0. The molecule has 0 amide bonds. The van der Waals surface area contributed by atoms with Gasteiger partial charge in [-0.05, 0) is 38.3 Å². The quantitative estimate of drug-likeness (QED) is 0.884. The van der Waals surface area contributed by atoms with Crippen LogP contribution < -0.4 is 5.32 Å². The normalized spacial score (nSPS) is 24.8. The molecule has 2 atom stereocenters. The highest BCUT2D eigenvalue weighted by atomic mass is 32.1. The monoisotopic (exact) mass is 280 g/mol. The van der Waals surface area contributed by atoms with Crippen LogP contribution in [-0.4, -0.2) is 30.1 Å². The third-order valence-corrected chi connectivity index (χ3v) is 5.44. The number of rotatable bonds is 5. The highest BCUT2D eigenvalue weighted by molar-refractivity contribution is 7.12. The Hall–Kier alpha value is -0.380. The molecule has 1 fully saturated rings. The lowest BCUT2D eigenvalue weighted by molar-refractivity contribution is 0.116. The molecule has 1 aliphatic rings. The Kier molecular flexibility index (Phi) is 5.43. The predicted octanol–water partition coefficient (Wildman–Crippen LogP) is 3.72. The molecule has 1 aromatic heterocycles. The molecular formula is C16H28N2S. The van der Waals surface area contributed by atoms with E-state index in [-0.39, 0.29) is 0 Å². The molecule has 1 N–H and O–H groups in total. The van der Waals surface area contributed by atoms with Crippen LogP contribution in [0.5, 0.6) is 0 Å². The molecular weight excluding hydrogens is 252 g/mol. The van der Waals surface area contributed by atoms with Crippen LogP contribution in [0.15, 0.2) is 6.07 Å². The highest BCUT2D eigenvalue weighted by Gasteiger charge is 2.26. The third kappa shape index (κ3) is 3.80. The third-order valence-electron chi connectivity index (χ3n) is 4.30. The van der Waals surface area contributed by atoms with Gasteiger partial charge >= 0.3 is 0 Å². The Morgan fingerprint density at radius 3 is 2.74 bits per heavy atom. The Morgan fingerprint density at radius 2 is 2.16 bits per heavy atom. The maximum atomic E-state index is 3.72. The maximum absolute atomic E-state index is 3.72. The smallest absolute Gasteiger partial charge is 0.0332 e. The summed E-state index contributed by atoms with van der Waals surface area (Å²) in [6.07, 6.45) is 3.82. The lowest BCUT2D eigenvalue weighted by Crippen LogP contribution is -2.55. The second-order valence-electron chi connectivity index (χ2n) is 5.84. The molecule has 108 valence electrons. The van der Waals surface area contributed by atoms with Gasteiger partial charge in [0.15, 0.2) is 0 Å². The fraction of sp³-hybridized carbons (Fsp3) is 0.750. The molecule has 3 heteroatoms. The van der Waals surface area contributed by atoms with E-state index >= 15 is 0 Å². The molecule has 1 aliphatic heterocycles. The summed E-state index contributed by atoms with van der Waals surface area (Å²) in [7, 11) is 0. The van der Waals surface area contributed by atoms with Crippen LogP contribution in [-0.2, 0) is 6.54 Å². The molecule has 0 bridgehead atoms. The lowest BCUT2D eigenvalue weighted by atomic mass is 10.0. The van der Waals surface area contributed by atoms with E-state index in [4.69, 9.17) is 0 Å². The highest BCUT2D eigenvalue weighted by Crippen LogP contribution is 2.24. The van der Waals surface area contributed by atoms with Crippen LogP contribution in [0.25, 0.3) is 0 Å². The van der Waals surface area contributed by atoms with Gasteiger partial charge in [0.2, 0.25) is 0 Å². The van der Waals surface area contributed by atoms with Crippen LogP contribution in [0.3, 0.4) is 0 Å². The first-order valence-corrected chi connectivity index (χ1v) is 8.49. The minimum absolute atomic E-state index is 0.690. The van der Waals surface area contributed by atoms with Gasteiger partial charge in [-0.25, -0.2) is 0 Å². The topological polar surface area (TPSA) is 15.3 Å². The minimum Gasteiger partial charge on any atom is -0.311 e. The van der Waals surface area contributed by atoms with Gasteiger partial charge in [0.1, 0.15) is 0 Å². The average molecular weight is 280 g/mol. The second kappa shape index (κ2) is 6.87. The molecule has 0 aromatic carbocycles. The number of hydrogen-bond donors (Lipinski definition) is 1. The van der Waals surface area contributed by atoms with Crippen LogP contribution in [0.4, 0.5) is 0 Å². The molecule has 2 heterocycles. The van der Waals surface area contributed by atoms with Crippen molar-refractivity contribution in [1.82, 2.24) is 10.2 Å². The van der Waals surface area contributed by atoms with Crippen LogP contribution in [0.2, 0.25) is 0 Å². The number of aryl methyl sites for hydroxylation is 2. The van der Waals surface area contributed by atoms with Gasteiger partial charge < -0.3 is 5.32 Å². The fourth-order valence-corrected chi connectivity index (χ4v) is 4.07. The van der Waals surface area contributed by atoms with Crippen LogP contribution >= 0.6 is 11.3 Å². The van der Waals surface area contributed by atoms with Crippen molar-refractivity contribution in [2.24, 2.45) is 0 Å². The first-order valence-electron chi connectivity index (χ1n) is 7.67. The molecule has 0 spiro atoms. The van der Waals surface area contributed by atoms with Crippen molar-refractivity contribution in [2.75, 3.05) is 13.1 Å². The Balaban J connectivity index is 2.01. The molecule has 0 saturated carbocycles. The number of thiophene rings is 1. The number of nitrogens with one attached hydrogen (secondary N) is 1. The summed E-state index contributed by atoms with van der Waals surface area (Å²) in [4.78, 5) is 5.70. The molecule has 19 heavy (non-hydrogen) atoms. The number of piperazine rings is 1. The maximum Gasteiger partial charge on any atom is 0.0332 e. The van der Waals surface area contributed by atoms with E-state index in [1.54, 1.807) is 0 Å². The number of nitrogens with zero attached hydrogens (tertiary/aromatic N) is 1. The van der Waals surface area contributed by atoms with Crippen molar-refractivity contribution in [1.29, 1.82) is 0 Å². The molecule has 1 aromatic rings. The zero-order valence-electron chi connectivity index (χ0n) is 12.8. The molecule has 0 radical (unpaired) electrons. The molecule has 2 rings (SSSR count). The van der Waals surface area contributed by atoms with Crippen molar-refractivity contribution in [3.8, 4) is 0 Å². The van der Waals surface area contributed by atoms with E-state index < -0.39 is 0 Å². The SMILES string of the molecule is CCCC1CN(Cc2cc(C)c(C)s2)C(CC)CN1.